The minimum absolute atomic E-state index is 0.111. The first-order chi connectivity index (χ1) is 8.37. The molecule has 0 saturated heterocycles. The molecular weight excluding hydrogens is 230 g/mol. The molecule has 0 aliphatic carbocycles. The summed E-state index contributed by atoms with van der Waals surface area (Å²) in [5, 5.41) is 0. The Morgan fingerprint density at radius 3 is 1.83 bits per heavy atom. The monoisotopic (exact) mass is 255 g/mol. The summed E-state index contributed by atoms with van der Waals surface area (Å²) in [6.45, 7) is 11.8. The first kappa shape index (κ1) is 18.6. The van der Waals surface area contributed by atoms with Crippen LogP contribution in [0.5, 0.6) is 0 Å². The Morgan fingerprint density at radius 1 is 1.17 bits per heavy atom. The van der Waals surface area contributed by atoms with E-state index in [1.807, 2.05) is 6.92 Å². The number of nitrogens with zero attached hydrogens (tertiary/aromatic N) is 1. The lowest BCUT2D eigenvalue weighted by atomic mass is 10.2. The number of rotatable bonds is 6. The van der Waals surface area contributed by atoms with Crippen LogP contribution in [-0.4, -0.2) is 23.3 Å². The molecule has 0 aliphatic heterocycles. The fourth-order valence-corrected chi connectivity index (χ4v) is 1.19. The third-order valence-electron chi connectivity index (χ3n) is 1.93. The van der Waals surface area contributed by atoms with Gasteiger partial charge < -0.3 is 16.4 Å². The van der Waals surface area contributed by atoms with Crippen molar-refractivity contribution in [2.75, 3.05) is 6.54 Å². The van der Waals surface area contributed by atoms with Gasteiger partial charge in [0, 0.05) is 12.1 Å². The summed E-state index contributed by atoms with van der Waals surface area (Å²) in [5.41, 5.74) is 10.5. The van der Waals surface area contributed by atoms with Gasteiger partial charge in [-0.2, -0.15) is 0 Å². The highest BCUT2D eigenvalue weighted by Gasteiger charge is 2.17. The Hall–Kier alpha value is -1.78. The first-order valence-electron chi connectivity index (χ1n) is 6.06. The van der Waals surface area contributed by atoms with E-state index in [1.54, 1.807) is 0 Å². The van der Waals surface area contributed by atoms with Crippen molar-refractivity contribution in [2.24, 2.45) is 11.5 Å². The standard InChI is InChI=1S/C10H17N3O2.C3H8/c1-4-6-13(5-2)8(10(12)15)7(3)9(11)14;1-3-2/h5H,2,4,6H2,1,3H3,(H2,11,14)(H2,12,15);3H2,1-2H3/b8-7+;. The van der Waals surface area contributed by atoms with Gasteiger partial charge in [0.2, 0.25) is 5.91 Å². The highest BCUT2D eigenvalue weighted by molar-refractivity contribution is 6.02. The van der Waals surface area contributed by atoms with E-state index in [9.17, 15) is 9.59 Å². The fourth-order valence-electron chi connectivity index (χ4n) is 1.19. The van der Waals surface area contributed by atoms with Gasteiger partial charge in [-0.1, -0.05) is 33.8 Å². The Kier molecular flexibility index (Phi) is 10.7. The Balaban J connectivity index is 0. The van der Waals surface area contributed by atoms with Crippen molar-refractivity contribution in [2.45, 2.75) is 40.5 Å². The molecule has 0 aliphatic rings. The molecule has 2 amide bonds. The Morgan fingerprint density at radius 2 is 1.61 bits per heavy atom. The van der Waals surface area contributed by atoms with Crippen LogP contribution in [0.15, 0.2) is 24.0 Å². The summed E-state index contributed by atoms with van der Waals surface area (Å²) in [6, 6.07) is 0. The van der Waals surface area contributed by atoms with E-state index in [2.05, 4.69) is 20.4 Å². The van der Waals surface area contributed by atoms with Crippen molar-refractivity contribution in [3.05, 3.63) is 24.0 Å². The third-order valence-corrected chi connectivity index (χ3v) is 1.93. The fraction of sp³-hybridized carbons (Fsp3) is 0.538. The van der Waals surface area contributed by atoms with Gasteiger partial charge in [-0.05, 0) is 19.5 Å². The molecule has 4 N–H and O–H groups in total. The maximum atomic E-state index is 11.2. The van der Waals surface area contributed by atoms with E-state index in [-0.39, 0.29) is 11.3 Å². The molecule has 104 valence electrons. The van der Waals surface area contributed by atoms with Crippen molar-refractivity contribution in [3.63, 3.8) is 0 Å². The maximum absolute atomic E-state index is 11.2. The highest BCUT2D eigenvalue weighted by atomic mass is 16.2. The molecule has 18 heavy (non-hydrogen) atoms. The van der Waals surface area contributed by atoms with Crippen LogP contribution in [0.4, 0.5) is 0 Å². The zero-order chi connectivity index (χ0) is 14.7. The van der Waals surface area contributed by atoms with Crippen molar-refractivity contribution >= 4 is 11.8 Å². The molecule has 0 spiro atoms. The lowest BCUT2D eigenvalue weighted by molar-refractivity contribution is -0.118. The second-order valence-electron chi connectivity index (χ2n) is 3.79. The van der Waals surface area contributed by atoms with Crippen LogP contribution in [0.1, 0.15) is 40.5 Å². The quantitative estimate of drug-likeness (QED) is 0.705. The van der Waals surface area contributed by atoms with E-state index in [1.165, 1.54) is 24.4 Å². The van der Waals surface area contributed by atoms with Gasteiger partial charge in [-0.3, -0.25) is 9.59 Å². The molecule has 0 saturated carbocycles. The van der Waals surface area contributed by atoms with Crippen molar-refractivity contribution in [1.29, 1.82) is 0 Å². The van der Waals surface area contributed by atoms with Crippen molar-refractivity contribution in [1.82, 2.24) is 4.90 Å². The number of primary amides is 2. The number of hydrogen-bond donors (Lipinski definition) is 2. The van der Waals surface area contributed by atoms with Crippen LogP contribution >= 0.6 is 0 Å². The van der Waals surface area contributed by atoms with Crippen LogP contribution in [0.2, 0.25) is 0 Å². The minimum atomic E-state index is -0.681. The molecule has 0 aromatic heterocycles. The van der Waals surface area contributed by atoms with Crippen LogP contribution < -0.4 is 11.5 Å². The topological polar surface area (TPSA) is 89.4 Å². The Bertz CT molecular complexity index is 322. The molecule has 0 aromatic rings. The minimum Gasteiger partial charge on any atom is -0.366 e. The van der Waals surface area contributed by atoms with Crippen LogP contribution in [0.25, 0.3) is 0 Å². The number of carbonyl (C=O) groups excluding carboxylic acids is 2. The van der Waals surface area contributed by atoms with Gasteiger partial charge in [0.15, 0.2) is 0 Å². The molecule has 5 heteroatoms. The number of nitrogens with two attached hydrogens (primary N) is 2. The molecule has 0 unspecified atom stereocenters. The summed E-state index contributed by atoms with van der Waals surface area (Å²) >= 11 is 0. The summed E-state index contributed by atoms with van der Waals surface area (Å²) in [6.07, 6.45) is 3.50. The average molecular weight is 255 g/mol. The van der Waals surface area contributed by atoms with Gasteiger partial charge in [-0.25, -0.2) is 0 Å². The second-order valence-corrected chi connectivity index (χ2v) is 3.79. The number of hydrogen-bond acceptors (Lipinski definition) is 3. The number of amides is 2. The number of carbonyl (C=O) groups is 2. The highest BCUT2D eigenvalue weighted by Crippen LogP contribution is 2.11. The SMILES string of the molecule is C=CN(CCC)/C(C(N)=O)=C(\C)C(N)=O.CCC. The van der Waals surface area contributed by atoms with Gasteiger partial charge >= 0.3 is 0 Å². The van der Waals surface area contributed by atoms with Gasteiger partial charge in [0.05, 0.1) is 0 Å². The van der Waals surface area contributed by atoms with Crippen LogP contribution in [0.3, 0.4) is 0 Å². The summed E-state index contributed by atoms with van der Waals surface area (Å²) < 4.78 is 0. The van der Waals surface area contributed by atoms with Crippen LogP contribution in [-0.2, 0) is 9.59 Å². The van der Waals surface area contributed by atoms with Crippen LogP contribution in [0, 0.1) is 0 Å². The van der Waals surface area contributed by atoms with Gasteiger partial charge in [0.1, 0.15) is 5.70 Å². The molecular formula is C13H25N3O2. The molecule has 0 aromatic carbocycles. The molecule has 5 nitrogen and oxygen atoms in total. The van der Waals surface area contributed by atoms with E-state index >= 15 is 0 Å². The maximum Gasteiger partial charge on any atom is 0.265 e. The summed E-state index contributed by atoms with van der Waals surface area (Å²) in [7, 11) is 0. The molecule has 0 bridgehead atoms. The summed E-state index contributed by atoms with van der Waals surface area (Å²) in [4.78, 5) is 23.7. The molecule has 0 rings (SSSR count). The second kappa shape index (κ2) is 10.4. The van der Waals surface area contributed by atoms with Crippen molar-refractivity contribution in [3.8, 4) is 0 Å². The molecule has 0 atom stereocenters. The zero-order valence-corrected chi connectivity index (χ0v) is 11.8. The van der Waals surface area contributed by atoms with E-state index in [4.69, 9.17) is 11.5 Å². The zero-order valence-electron chi connectivity index (χ0n) is 11.8. The van der Waals surface area contributed by atoms with E-state index < -0.39 is 11.8 Å². The average Bonchev–Trinajstić information content (AvgIpc) is 2.28. The van der Waals surface area contributed by atoms with Gasteiger partial charge in [0.25, 0.3) is 5.91 Å². The van der Waals surface area contributed by atoms with E-state index in [0.29, 0.717) is 6.54 Å². The first-order valence-corrected chi connectivity index (χ1v) is 6.06. The predicted molar refractivity (Wildman–Crippen MR) is 74.2 cm³/mol. The Labute approximate surface area is 110 Å². The molecule has 0 heterocycles. The van der Waals surface area contributed by atoms with E-state index in [0.717, 1.165) is 6.42 Å². The lowest BCUT2D eigenvalue weighted by Gasteiger charge is -2.21. The largest absolute Gasteiger partial charge is 0.366 e. The third kappa shape index (κ3) is 6.73. The molecule has 0 fully saturated rings. The lowest BCUT2D eigenvalue weighted by Crippen LogP contribution is -2.32. The normalized spacial score (nSPS) is 10.7. The van der Waals surface area contributed by atoms with Gasteiger partial charge in [-0.15, -0.1) is 0 Å². The molecule has 0 radical (unpaired) electrons. The summed E-state index contributed by atoms with van der Waals surface area (Å²) in [5.74, 6) is -1.34. The van der Waals surface area contributed by atoms with Crippen molar-refractivity contribution < 1.29 is 9.59 Å². The predicted octanol–water partition coefficient (Wildman–Crippen LogP) is 1.50. The smallest absolute Gasteiger partial charge is 0.265 e.